The van der Waals surface area contributed by atoms with E-state index >= 15 is 0 Å². The van der Waals surface area contributed by atoms with Gasteiger partial charge in [-0.05, 0) is 54.1 Å². The fraction of sp³-hybridized carbons (Fsp3) is 0.125. The van der Waals surface area contributed by atoms with E-state index in [-0.39, 0.29) is 12.5 Å². The van der Waals surface area contributed by atoms with Gasteiger partial charge in [-0.1, -0.05) is 35.9 Å². The van der Waals surface area contributed by atoms with Crippen molar-refractivity contribution in [2.45, 2.75) is 6.61 Å². The third-order valence-corrected chi connectivity index (χ3v) is 4.63. The molecule has 3 rings (SSSR count). The van der Waals surface area contributed by atoms with E-state index in [1.165, 1.54) is 6.21 Å². The molecule has 0 heterocycles. The molecule has 2 amide bonds. The second kappa shape index (κ2) is 11.5. The number of hydrogen-bond donors (Lipinski definition) is 2. The number of nitrogens with one attached hydrogen (secondary N) is 2. The van der Waals surface area contributed by atoms with Crippen molar-refractivity contribution in [3.8, 4) is 11.5 Å². The Morgan fingerprint density at radius 2 is 1.72 bits per heavy atom. The van der Waals surface area contributed by atoms with Gasteiger partial charge in [0.25, 0.3) is 11.8 Å². The van der Waals surface area contributed by atoms with Crippen LogP contribution in [-0.4, -0.2) is 31.7 Å². The SMILES string of the molecule is COc1ccc(C(=O)NCC(=O)N/N=C\c2ccccc2OCc2ccc(Cl)cc2)cc1. The summed E-state index contributed by atoms with van der Waals surface area (Å²) in [4.78, 5) is 24.1. The molecule has 0 aliphatic heterocycles. The van der Waals surface area contributed by atoms with Gasteiger partial charge in [0.15, 0.2) is 0 Å². The van der Waals surface area contributed by atoms with E-state index in [2.05, 4.69) is 15.8 Å². The molecule has 0 saturated heterocycles. The number of nitrogens with zero attached hydrogens (tertiary/aromatic N) is 1. The third kappa shape index (κ3) is 6.85. The minimum absolute atomic E-state index is 0.211. The highest BCUT2D eigenvalue weighted by Crippen LogP contribution is 2.18. The zero-order chi connectivity index (χ0) is 22.8. The molecule has 2 N–H and O–H groups in total. The number of carbonyl (C=O) groups excluding carboxylic acids is 2. The van der Waals surface area contributed by atoms with E-state index in [4.69, 9.17) is 21.1 Å². The minimum atomic E-state index is -0.456. The highest BCUT2D eigenvalue weighted by molar-refractivity contribution is 6.30. The Balaban J connectivity index is 1.49. The van der Waals surface area contributed by atoms with Crippen LogP contribution in [0.4, 0.5) is 0 Å². The minimum Gasteiger partial charge on any atom is -0.497 e. The van der Waals surface area contributed by atoms with Crippen LogP contribution in [0.3, 0.4) is 0 Å². The predicted octanol–water partition coefficient (Wildman–Crippen LogP) is 3.81. The van der Waals surface area contributed by atoms with Gasteiger partial charge in [0.2, 0.25) is 0 Å². The van der Waals surface area contributed by atoms with Crippen LogP contribution in [0.1, 0.15) is 21.5 Å². The lowest BCUT2D eigenvalue weighted by Gasteiger charge is -2.09. The first-order chi connectivity index (χ1) is 15.5. The highest BCUT2D eigenvalue weighted by Gasteiger charge is 2.08. The van der Waals surface area contributed by atoms with Crippen molar-refractivity contribution in [3.63, 3.8) is 0 Å². The van der Waals surface area contributed by atoms with Crippen LogP contribution in [0.2, 0.25) is 5.02 Å². The van der Waals surface area contributed by atoms with E-state index in [9.17, 15) is 9.59 Å². The first-order valence-electron chi connectivity index (χ1n) is 9.75. The quantitative estimate of drug-likeness (QED) is 0.382. The Morgan fingerprint density at radius 3 is 2.44 bits per heavy atom. The van der Waals surface area contributed by atoms with Crippen LogP contribution >= 0.6 is 11.6 Å². The number of carbonyl (C=O) groups is 2. The summed E-state index contributed by atoms with van der Waals surface area (Å²) >= 11 is 5.90. The Morgan fingerprint density at radius 1 is 1.00 bits per heavy atom. The molecule has 3 aromatic carbocycles. The Labute approximate surface area is 191 Å². The molecule has 3 aromatic rings. The molecule has 0 unspecified atom stereocenters. The fourth-order valence-electron chi connectivity index (χ4n) is 2.68. The van der Waals surface area contributed by atoms with Crippen molar-refractivity contribution < 1.29 is 19.1 Å². The van der Waals surface area contributed by atoms with Crippen molar-refractivity contribution in [2.75, 3.05) is 13.7 Å². The largest absolute Gasteiger partial charge is 0.497 e. The second-order valence-electron chi connectivity index (χ2n) is 6.66. The van der Waals surface area contributed by atoms with Crippen LogP contribution in [0, 0.1) is 0 Å². The molecule has 0 bridgehead atoms. The van der Waals surface area contributed by atoms with Crippen molar-refractivity contribution in [1.82, 2.24) is 10.7 Å². The molecule has 0 radical (unpaired) electrons. The molecule has 8 heteroatoms. The number of hydrogen-bond acceptors (Lipinski definition) is 5. The first-order valence-corrected chi connectivity index (χ1v) is 10.1. The molecule has 0 aliphatic rings. The predicted molar refractivity (Wildman–Crippen MR) is 123 cm³/mol. The third-order valence-electron chi connectivity index (χ3n) is 4.38. The normalized spacial score (nSPS) is 10.6. The summed E-state index contributed by atoms with van der Waals surface area (Å²) < 4.78 is 10.9. The molecule has 164 valence electrons. The molecule has 0 spiro atoms. The number of rotatable bonds is 9. The first kappa shape index (κ1) is 22.8. The Hall–Kier alpha value is -3.84. The lowest BCUT2D eigenvalue weighted by atomic mass is 10.2. The summed E-state index contributed by atoms with van der Waals surface area (Å²) in [5, 5.41) is 7.16. The average molecular weight is 452 g/mol. The highest BCUT2D eigenvalue weighted by atomic mass is 35.5. The van der Waals surface area contributed by atoms with Gasteiger partial charge in [0, 0.05) is 16.1 Å². The van der Waals surface area contributed by atoms with E-state index in [0.717, 1.165) is 5.56 Å². The van der Waals surface area contributed by atoms with E-state index < -0.39 is 5.91 Å². The number of amides is 2. The van der Waals surface area contributed by atoms with Gasteiger partial charge in [-0.3, -0.25) is 9.59 Å². The van der Waals surface area contributed by atoms with Gasteiger partial charge >= 0.3 is 0 Å². The summed E-state index contributed by atoms with van der Waals surface area (Å²) in [5.74, 6) is 0.440. The van der Waals surface area contributed by atoms with Crippen LogP contribution in [-0.2, 0) is 11.4 Å². The van der Waals surface area contributed by atoms with Crippen molar-refractivity contribution in [3.05, 3.63) is 94.5 Å². The molecule has 0 fully saturated rings. The molecule has 0 atom stereocenters. The number of ether oxygens (including phenoxy) is 2. The lowest BCUT2D eigenvalue weighted by Crippen LogP contribution is -2.34. The summed E-state index contributed by atoms with van der Waals surface area (Å²) in [6.07, 6.45) is 1.49. The number of benzene rings is 3. The number of para-hydroxylation sites is 1. The van der Waals surface area contributed by atoms with Crippen molar-refractivity contribution in [2.24, 2.45) is 5.10 Å². The van der Waals surface area contributed by atoms with Crippen molar-refractivity contribution in [1.29, 1.82) is 0 Å². The van der Waals surface area contributed by atoms with Crippen molar-refractivity contribution >= 4 is 29.6 Å². The maximum absolute atomic E-state index is 12.1. The van der Waals surface area contributed by atoms with E-state index in [1.54, 1.807) is 43.5 Å². The average Bonchev–Trinajstić information content (AvgIpc) is 2.83. The Kier molecular flexibility index (Phi) is 8.22. The van der Waals surface area contributed by atoms with Gasteiger partial charge in [0.1, 0.15) is 18.1 Å². The maximum Gasteiger partial charge on any atom is 0.259 e. The molecular formula is C24H22ClN3O4. The van der Waals surface area contributed by atoms with E-state index in [1.807, 2.05) is 36.4 Å². The monoisotopic (exact) mass is 451 g/mol. The second-order valence-corrected chi connectivity index (χ2v) is 7.09. The molecule has 0 aliphatic carbocycles. The number of methoxy groups -OCH3 is 1. The standard InChI is InChI=1S/C24H22ClN3O4/c1-31-21-12-8-18(9-13-21)24(30)26-15-23(29)28-27-14-19-4-2-3-5-22(19)32-16-17-6-10-20(25)11-7-17/h2-14H,15-16H2,1H3,(H,26,30)(H,28,29)/b27-14-. The maximum atomic E-state index is 12.1. The van der Waals surface area contributed by atoms with Crippen LogP contribution in [0.5, 0.6) is 11.5 Å². The van der Waals surface area contributed by atoms with Gasteiger partial charge < -0.3 is 14.8 Å². The van der Waals surface area contributed by atoms with Gasteiger partial charge in [-0.2, -0.15) is 5.10 Å². The van der Waals surface area contributed by atoms with E-state index in [0.29, 0.717) is 34.3 Å². The van der Waals surface area contributed by atoms with Gasteiger partial charge in [-0.15, -0.1) is 0 Å². The fourth-order valence-corrected chi connectivity index (χ4v) is 2.80. The number of hydrazone groups is 1. The molecule has 0 aromatic heterocycles. The molecule has 0 saturated carbocycles. The van der Waals surface area contributed by atoms with Crippen LogP contribution in [0.15, 0.2) is 77.9 Å². The van der Waals surface area contributed by atoms with Crippen LogP contribution in [0.25, 0.3) is 0 Å². The number of halogens is 1. The topological polar surface area (TPSA) is 89.0 Å². The summed E-state index contributed by atoms with van der Waals surface area (Å²) in [5.41, 5.74) is 4.49. The Bertz CT molecular complexity index is 1080. The summed E-state index contributed by atoms with van der Waals surface area (Å²) in [6.45, 7) is 0.155. The zero-order valence-electron chi connectivity index (χ0n) is 17.4. The summed E-state index contributed by atoms with van der Waals surface area (Å²) in [6, 6.07) is 21.3. The summed E-state index contributed by atoms with van der Waals surface area (Å²) in [7, 11) is 1.55. The van der Waals surface area contributed by atoms with Gasteiger partial charge in [0.05, 0.1) is 19.9 Å². The smallest absolute Gasteiger partial charge is 0.259 e. The van der Waals surface area contributed by atoms with Crippen LogP contribution < -0.4 is 20.2 Å². The molecule has 32 heavy (non-hydrogen) atoms. The lowest BCUT2D eigenvalue weighted by molar-refractivity contribution is -0.120. The molecular weight excluding hydrogens is 430 g/mol. The molecule has 7 nitrogen and oxygen atoms in total. The van der Waals surface area contributed by atoms with Gasteiger partial charge in [-0.25, -0.2) is 5.43 Å². The zero-order valence-corrected chi connectivity index (χ0v) is 18.1.